The third-order valence-electron chi connectivity index (χ3n) is 4.61. The Balaban J connectivity index is 3.11. The van der Waals surface area contributed by atoms with Gasteiger partial charge in [-0.1, -0.05) is 20.8 Å². The van der Waals surface area contributed by atoms with Crippen molar-refractivity contribution in [1.82, 2.24) is 4.98 Å². The van der Waals surface area contributed by atoms with Crippen LogP contribution in [-0.4, -0.2) is 19.9 Å². The molecule has 0 atom stereocenters. The minimum absolute atomic E-state index is 0.0293. The van der Waals surface area contributed by atoms with Crippen LogP contribution in [0.2, 0.25) is 18.1 Å². The molecule has 24 heavy (non-hydrogen) atoms. The summed E-state index contributed by atoms with van der Waals surface area (Å²) in [4.78, 5) is 3.95. The molecule has 0 aliphatic rings. The molecule has 1 heterocycles. The van der Waals surface area contributed by atoms with Crippen molar-refractivity contribution < 1.29 is 13.2 Å². The maximum Gasteiger partial charge on any atom is 0.192 e. The summed E-state index contributed by atoms with van der Waals surface area (Å²) in [6.45, 7) is 13.1. The predicted octanol–water partition coefficient (Wildman–Crippen LogP) is 5.63. The molecule has 0 saturated heterocycles. The lowest BCUT2D eigenvalue weighted by atomic mass is 10.0. The maximum atomic E-state index is 14.8. The number of nitrogens with zero attached hydrogens (tertiary/aromatic N) is 1. The lowest BCUT2D eigenvalue weighted by molar-refractivity contribution is 0.312. The molecule has 1 aromatic heterocycles. The van der Waals surface area contributed by atoms with Gasteiger partial charge in [0.2, 0.25) is 0 Å². The van der Waals surface area contributed by atoms with Gasteiger partial charge >= 0.3 is 0 Å². The highest BCUT2D eigenvalue weighted by Gasteiger charge is 2.37. The van der Waals surface area contributed by atoms with E-state index in [0.717, 1.165) is 0 Å². The van der Waals surface area contributed by atoms with E-state index in [2.05, 4.69) is 38.8 Å². The molecule has 0 spiro atoms. The number of anilines is 1. The van der Waals surface area contributed by atoms with Crippen molar-refractivity contribution in [1.29, 1.82) is 0 Å². The quantitative estimate of drug-likeness (QED) is 0.550. The van der Waals surface area contributed by atoms with Gasteiger partial charge in [-0.3, -0.25) is 0 Å². The summed E-state index contributed by atoms with van der Waals surface area (Å²) < 4.78 is 34.7. The maximum absolute atomic E-state index is 14.8. The first kappa shape index (κ1) is 20.5. The van der Waals surface area contributed by atoms with Crippen LogP contribution in [0.25, 0.3) is 5.57 Å². The smallest absolute Gasteiger partial charge is 0.192 e. The Morgan fingerprint density at radius 2 is 1.79 bits per heavy atom. The molecule has 0 aliphatic carbocycles. The summed E-state index contributed by atoms with van der Waals surface area (Å²) >= 11 is 0. The van der Waals surface area contributed by atoms with Crippen molar-refractivity contribution in [3.63, 3.8) is 0 Å². The van der Waals surface area contributed by atoms with Crippen molar-refractivity contribution in [3.8, 4) is 0 Å². The van der Waals surface area contributed by atoms with Crippen molar-refractivity contribution in [2.45, 2.75) is 52.8 Å². The average Bonchev–Trinajstić information content (AvgIpc) is 2.45. The fourth-order valence-corrected chi connectivity index (χ4v) is 2.70. The first-order chi connectivity index (χ1) is 10.9. The van der Waals surface area contributed by atoms with Gasteiger partial charge in [-0.05, 0) is 55.2 Å². The lowest BCUT2D eigenvalue weighted by Crippen LogP contribution is -2.41. The number of halogens is 2. The van der Waals surface area contributed by atoms with Gasteiger partial charge in [-0.2, -0.15) is 0 Å². The van der Waals surface area contributed by atoms with Crippen molar-refractivity contribution in [2.24, 2.45) is 0 Å². The van der Waals surface area contributed by atoms with Crippen LogP contribution in [0.1, 0.15) is 40.2 Å². The molecule has 0 saturated carbocycles. The first-order valence-electron chi connectivity index (χ1n) is 7.94. The molecule has 0 radical (unpaired) electrons. The molecule has 0 bridgehead atoms. The molecule has 6 heteroatoms. The van der Waals surface area contributed by atoms with E-state index in [1.165, 1.54) is 13.1 Å². The van der Waals surface area contributed by atoms with Gasteiger partial charge in [-0.25, -0.2) is 13.8 Å². The van der Waals surface area contributed by atoms with Gasteiger partial charge in [0.25, 0.3) is 0 Å². The Labute approximate surface area is 144 Å². The summed E-state index contributed by atoms with van der Waals surface area (Å²) in [6.07, 6.45) is 1.48. The molecular formula is C18H28F2N2OSi. The van der Waals surface area contributed by atoms with Crippen LogP contribution in [-0.2, 0) is 4.43 Å². The fourth-order valence-electron chi connectivity index (χ4n) is 1.76. The zero-order chi connectivity index (χ0) is 18.7. The molecule has 0 unspecified atom stereocenters. The topological polar surface area (TPSA) is 48.1 Å². The number of nitrogen functional groups attached to an aromatic ring is 1. The zero-order valence-corrected chi connectivity index (χ0v) is 16.6. The van der Waals surface area contributed by atoms with Crippen LogP contribution in [0.15, 0.2) is 35.6 Å². The van der Waals surface area contributed by atoms with Crippen LogP contribution in [0.4, 0.5) is 14.6 Å². The summed E-state index contributed by atoms with van der Waals surface area (Å²) in [5.74, 6) is -0.833. The summed E-state index contributed by atoms with van der Waals surface area (Å²) in [5, 5.41) is -0.0293. The molecule has 1 rings (SSSR count). The Morgan fingerprint density at radius 3 is 2.21 bits per heavy atom. The molecule has 0 amide bonds. The highest BCUT2D eigenvalue weighted by molar-refractivity contribution is 6.74. The monoisotopic (exact) mass is 354 g/mol. The molecule has 134 valence electrons. The lowest BCUT2D eigenvalue weighted by Gasteiger charge is -2.36. The summed E-state index contributed by atoms with van der Waals surface area (Å²) in [7, 11) is -2.10. The number of hydrogen-bond acceptors (Lipinski definition) is 3. The summed E-state index contributed by atoms with van der Waals surface area (Å²) in [6, 6.07) is 3.25. The van der Waals surface area contributed by atoms with Gasteiger partial charge in [0.1, 0.15) is 17.5 Å². The molecule has 0 aromatic carbocycles. The number of aromatic nitrogens is 1. The second-order valence-corrected chi connectivity index (χ2v) is 12.3. The minimum Gasteiger partial charge on any atom is -0.412 e. The number of nitrogens with two attached hydrogens (primary N) is 1. The van der Waals surface area contributed by atoms with E-state index >= 15 is 0 Å². The van der Waals surface area contributed by atoms with E-state index in [9.17, 15) is 8.78 Å². The Hall–Kier alpha value is -1.53. The fraction of sp³-hybridized carbons (Fsp3) is 0.500. The molecular weight excluding hydrogens is 326 g/mol. The van der Waals surface area contributed by atoms with Crippen LogP contribution in [0.5, 0.6) is 0 Å². The van der Waals surface area contributed by atoms with Crippen molar-refractivity contribution >= 4 is 19.7 Å². The van der Waals surface area contributed by atoms with Crippen LogP contribution in [0, 0.1) is 0 Å². The van der Waals surface area contributed by atoms with Crippen molar-refractivity contribution in [2.75, 3.05) is 12.3 Å². The number of pyridine rings is 1. The first-order valence-corrected chi connectivity index (χ1v) is 10.9. The third kappa shape index (κ3) is 4.98. The number of rotatable bonds is 5. The summed E-state index contributed by atoms with van der Waals surface area (Å²) in [5.41, 5.74) is 6.37. The number of allylic oxidation sites excluding steroid dienone is 2. The van der Waals surface area contributed by atoms with Crippen LogP contribution in [0.3, 0.4) is 0 Å². The minimum atomic E-state index is -2.10. The second-order valence-electron chi connectivity index (χ2n) is 7.47. The Kier molecular flexibility index (Phi) is 6.47. The van der Waals surface area contributed by atoms with Gasteiger partial charge in [0.15, 0.2) is 8.32 Å². The zero-order valence-electron chi connectivity index (χ0n) is 15.6. The highest BCUT2D eigenvalue weighted by Crippen LogP contribution is 2.37. The van der Waals surface area contributed by atoms with Gasteiger partial charge < -0.3 is 10.2 Å². The molecule has 3 nitrogen and oxygen atoms in total. The molecule has 0 aliphatic heterocycles. The Bertz CT molecular complexity index is 640. The van der Waals surface area contributed by atoms with Crippen molar-refractivity contribution in [3.05, 3.63) is 41.1 Å². The molecule has 0 fully saturated rings. The van der Waals surface area contributed by atoms with Crippen LogP contribution >= 0.6 is 0 Å². The Morgan fingerprint density at radius 1 is 1.21 bits per heavy atom. The van der Waals surface area contributed by atoms with E-state index in [-0.39, 0.29) is 17.2 Å². The standard InChI is InChI=1S/C18H28F2N2OSi/c1-12(14-8-9-16(21)22-10-14)17(20)15(13(2)19)11-23-24(6,7)18(3,4)5/h8-10H,11H2,1-7H3,(H2,21,22)/b15-13+,17-12-. The van der Waals surface area contributed by atoms with E-state index in [0.29, 0.717) is 17.0 Å². The molecule has 2 N–H and O–H groups in total. The van der Waals surface area contributed by atoms with E-state index < -0.39 is 20.0 Å². The van der Waals surface area contributed by atoms with E-state index in [1.807, 2.05) is 0 Å². The largest absolute Gasteiger partial charge is 0.412 e. The van der Waals surface area contributed by atoms with E-state index in [1.54, 1.807) is 19.1 Å². The second kappa shape index (κ2) is 7.57. The normalized spacial score (nSPS) is 15.0. The van der Waals surface area contributed by atoms with Gasteiger partial charge in [-0.15, -0.1) is 0 Å². The van der Waals surface area contributed by atoms with Gasteiger partial charge in [0, 0.05) is 11.8 Å². The number of hydrogen-bond donors (Lipinski definition) is 1. The van der Waals surface area contributed by atoms with Gasteiger partial charge in [0.05, 0.1) is 6.61 Å². The highest BCUT2D eigenvalue weighted by atomic mass is 28.4. The third-order valence-corrected chi connectivity index (χ3v) is 9.09. The average molecular weight is 355 g/mol. The SMILES string of the molecule is C/C(=C(F)\C(CO[Si](C)(C)C(C)(C)C)=C(/C)F)c1ccc(N)nc1. The van der Waals surface area contributed by atoms with Crippen LogP contribution < -0.4 is 5.73 Å². The predicted molar refractivity (Wildman–Crippen MR) is 99.3 cm³/mol. The van der Waals surface area contributed by atoms with E-state index in [4.69, 9.17) is 10.2 Å². The molecule has 1 aromatic rings.